The Balaban J connectivity index is 1.41. The van der Waals surface area contributed by atoms with Crippen molar-refractivity contribution < 1.29 is 9.53 Å². The number of para-hydroxylation sites is 3. The Hall–Kier alpha value is -3.07. The van der Waals surface area contributed by atoms with Crippen molar-refractivity contribution in [2.24, 2.45) is 5.92 Å². The maximum Gasteiger partial charge on any atom is 0.231 e. The standard InChI is InChI=1S/C26H27NO2/c1-20(18-21-19-29-25-15-9-8-14-24(21)25)16-17-26(28)27(22-10-4-2-5-11-22)23-12-6-3-7-13-23/h2-15,20-21H,16-19H2,1H3/t20-,21-/m1/s1. The normalized spacial score (nSPS) is 16.0. The Labute approximate surface area is 172 Å². The molecule has 0 N–H and O–H groups in total. The number of fused-ring (bicyclic) bond motifs is 1. The van der Waals surface area contributed by atoms with Crippen molar-refractivity contribution in [2.75, 3.05) is 11.5 Å². The molecule has 0 spiro atoms. The second-order valence-corrected chi connectivity index (χ2v) is 7.83. The van der Waals surface area contributed by atoms with Gasteiger partial charge < -0.3 is 4.74 Å². The summed E-state index contributed by atoms with van der Waals surface area (Å²) in [6, 6.07) is 28.1. The minimum Gasteiger partial charge on any atom is -0.493 e. The Morgan fingerprint density at radius 1 is 0.931 bits per heavy atom. The molecule has 29 heavy (non-hydrogen) atoms. The van der Waals surface area contributed by atoms with Gasteiger partial charge in [-0.2, -0.15) is 0 Å². The summed E-state index contributed by atoms with van der Waals surface area (Å²) in [5, 5.41) is 0. The molecule has 3 nitrogen and oxygen atoms in total. The Morgan fingerprint density at radius 3 is 2.17 bits per heavy atom. The molecule has 0 aliphatic carbocycles. The van der Waals surface area contributed by atoms with Crippen LogP contribution in [0.2, 0.25) is 0 Å². The van der Waals surface area contributed by atoms with Gasteiger partial charge in [0.2, 0.25) is 5.91 Å². The fourth-order valence-electron chi connectivity index (χ4n) is 4.10. The van der Waals surface area contributed by atoms with E-state index in [1.807, 2.05) is 77.7 Å². The van der Waals surface area contributed by atoms with Gasteiger partial charge in [0.05, 0.1) is 6.61 Å². The number of anilines is 2. The van der Waals surface area contributed by atoms with Crippen molar-refractivity contribution >= 4 is 17.3 Å². The van der Waals surface area contributed by atoms with Crippen LogP contribution in [0.3, 0.4) is 0 Å². The van der Waals surface area contributed by atoms with E-state index in [1.54, 1.807) is 0 Å². The van der Waals surface area contributed by atoms with Gasteiger partial charge >= 0.3 is 0 Å². The van der Waals surface area contributed by atoms with E-state index in [-0.39, 0.29) is 5.91 Å². The molecule has 3 aromatic carbocycles. The highest BCUT2D eigenvalue weighted by Crippen LogP contribution is 2.38. The highest BCUT2D eigenvalue weighted by atomic mass is 16.5. The number of carbonyl (C=O) groups excluding carboxylic acids is 1. The molecule has 0 bridgehead atoms. The molecule has 1 heterocycles. The summed E-state index contributed by atoms with van der Waals surface area (Å²) in [5.41, 5.74) is 3.13. The highest BCUT2D eigenvalue weighted by Gasteiger charge is 2.26. The molecule has 2 atom stereocenters. The number of hydrogen-bond acceptors (Lipinski definition) is 2. The van der Waals surface area contributed by atoms with Gasteiger partial charge in [0.25, 0.3) is 0 Å². The summed E-state index contributed by atoms with van der Waals surface area (Å²) >= 11 is 0. The van der Waals surface area contributed by atoms with Crippen LogP contribution in [-0.4, -0.2) is 12.5 Å². The molecule has 0 aromatic heterocycles. The van der Waals surface area contributed by atoms with Crippen LogP contribution in [0.25, 0.3) is 0 Å². The van der Waals surface area contributed by atoms with E-state index in [0.717, 1.165) is 36.6 Å². The van der Waals surface area contributed by atoms with E-state index in [0.29, 0.717) is 18.3 Å². The van der Waals surface area contributed by atoms with Crippen LogP contribution in [0.1, 0.15) is 37.7 Å². The predicted molar refractivity (Wildman–Crippen MR) is 118 cm³/mol. The zero-order valence-electron chi connectivity index (χ0n) is 16.8. The number of carbonyl (C=O) groups is 1. The van der Waals surface area contributed by atoms with Gasteiger partial charge in [-0.1, -0.05) is 61.5 Å². The maximum absolute atomic E-state index is 13.2. The summed E-state index contributed by atoms with van der Waals surface area (Å²) in [6.45, 7) is 2.99. The van der Waals surface area contributed by atoms with Crippen LogP contribution in [0.5, 0.6) is 5.75 Å². The van der Waals surface area contributed by atoms with Gasteiger partial charge in [-0.15, -0.1) is 0 Å². The fourth-order valence-corrected chi connectivity index (χ4v) is 4.10. The van der Waals surface area contributed by atoms with Crippen LogP contribution in [0, 0.1) is 5.92 Å². The van der Waals surface area contributed by atoms with E-state index in [9.17, 15) is 4.79 Å². The van der Waals surface area contributed by atoms with Crippen LogP contribution in [-0.2, 0) is 4.79 Å². The summed E-state index contributed by atoms with van der Waals surface area (Å²) in [6.07, 6.45) is 2.44. The highest BCUT2D eigenvalue weighted by molar-refractivity contribution is 6.00. The minimum absolute atomic E-state index is 0.136. The molecule has 148 valence electrons. The lowest BCUT2D eigenvalue weighted by molar-refractivity contribution is -0.118. The number of nitrogens with zero attached hydrogens (tertiary/aromatic N) is 1. The van der Waals surface area contributed by atoms with Crippen molar-refractivity contribution in [1.82, 2.24) is 0 Å². The minimum atomic E-state index is 0.136. The molecule has 0 saturated carbocycles. The number of amides is 1. The monoisotopic (exact) mass is 385 g/mol. The van der Waals surface area contributed by atoms with Crippen molar-refractivity contribution in [1.29, 1.82) is 0 Å². The van der Waals surface area contributed by atoms with Crippen molar-refractivity contribution in [3.8, 4) is 5.75 Å². The van der Waals surface area contributed by atoms with Gasteiger partial charge in [0, 0.05) is 29.3 Å². The van der Waals surface area contributed by atoms with Gasteiger partial charge in [-0.3, -0.25) is 9.69 Å². The smallest absolute Gasteiger partial charge is 0.231 e. The topological polar surface area (TPSA) is 29.5 Å². The maximum atomic E-state index is 13.2. The van der Waals surface area contributed by atoms with E-state index in [4.69, 9.17) is 4.74 Å². The summed E-state index contributed by atoms with van der Waals surface area (Å²) in [4.78, 5) is 15.0. The average Bonchev–Trinajstić information content (AvgIpc) is 3.17. The zero-order valence-corrected chi connectivity index (χ0v) is 16.8. The molecule has 3 heteroatoms. The molecular formula is C26H27NO2. The van der Waals surface area contributed by atoms with Gasteiger partial charge in [0.15, 0.2) is 0 Å². The van der Waals surface area contributed by atoms with E-state index in [2.05, 4.69) is 19.1 Å². The van der Waals surface area contributed by atoms with Crippen molar-refractivity contribution in [3.63, 3.8) is 0 Å². The first-order chi connectivity index (χ1) is 14.2. The van der Waals surface area contributed by atoms with Crippen LogP contribution in [0.4, 0.5) is 11.4 Å². The molecular weight excluding hydrogens is 358 g/mol. The molecule has 3 aromatic rings. The Kier molecular flexibility index (Phi) is 5.95. The second kappa shape index (κ2) is 8.95. The average molecular weight is 386 g/mol. The van der Waals surface area contributed by atoms with Crippen LogP contribution >= 0.6 is 0 Å². The molecule has 4 rings (SSSR count). The molecule has 1 aliphatic heterocycles. The Bertz CT molecular complexity index is 900. The fraction of sp³-hybridized carbons (Fsp3) is 0.269. The molecule has 0 saturated heterocycles. The quantitative estimate of drug-likeness (QED) is 0.475. The van der Waals surface area contributed by atoms with E-state index in [1.165, 1.54) is 5.56 Å². The largest absolute Gasteiger partial charge is 0.493 e. The first-order valence-corrected chi connectivity index (χ1v) is 10.4. The number of ether oxygens (including phenoxy) is 1. The first-order valence-electron chi connectivity index (χ1n) is 10.4. The SMILES string of the molecule is C[C@H](CCC(=O)N(c1ccccc1)c1ccccc1)C[C@@H]1COc2ccccc21. The molecule has 0 unspecified atom stereocenters. The van der Waals surface area contributed by atoms with E-state index < -0.39 is 0 Å². The number of hydrogen-bond donors (Lipinski definition) is 0. The van der Waals surface area contributed by atoms with Crippen LogP contribution < -0.4 is 9.64 Å². The summed E-state index contributed by atoms with van der Waals surface area (Å²) < 4.78 is 5.82. The second-order valence-electron chi connectivity index (χ2n) is 7.83. The lowest BCUT2D eigenvalue weighted by Gasteiger charge is -2.24. The molecule has 0 radical (unpaired) electrons. The number of rotatable bonds is 7. The molecule has 1 amide bonds. The predicted octanol–water partition coefficient (Wildman–Crippen LogP) is 6.33. The third kappa shape index (κ3) is 4.51. The third-order valence-corrected chi connectivity index (χ3v) is 5.61. The molecule has 1 aliphatic rings. The summed E-state index contributed by atoms with van der Waals surface area (Å²) in [5.74, 6) is 2.03. The van der Waals surface area contributed by atoms with Crippen molar-refractivity contribution in [3.05, 3.63) is 90.5 Å². The first kappa shape index (κ1) is 19.3. The van der Waals surface area contributed by atoms with E-state index >= 15 is 0 Å². The lowest BCUT2D eigenvalue weighted by Crippen LogP contribution is -2.26. The zero-order chi connectivity index (χ0) is 20.1. The van der Waals surface area contributed by atoms with Gasteiger partial charge in [-0.25, -0.2) is 0 Å². The van der Waals surface area contributed by atoms with Gasteiger partial charge in [0.1, 0.15) is 5.75 Å². The van der Waals surface area contributed by atoms with Crippen molar-refractivity contribution in [2.45, 2.75) is 32.1 Å². The molecule has 0 fully saturated rings. The third-order valence-electron chi connectivity index (χ3n) is 5.61. The van der Waals surface area contributed by atoms with Gasteiger partial charge in [-0.05, 0) is 49.1 Å². The number of benzene rings is 3. The summed E-state index contributed by atoms with van der Waals surface area (Å²) in [7, 11) is 0. The van der Waals surface area contributed by atoms with Crippen LogP contribution in [0.15, 0.2) is 84.9 Å². The lowest BCUT2D eigenvalue weighted by atomic mass is 9.89. The Morgan fingerprint density at radius 2 is 1.52 bits per heavy atom.